The van der Waals surface area contributed by atoms with Crippen LogP contribution in [0.3, 0.4) is 0 Å². The molecule has 1 heterocycles. The Morgan fingerprint density at radius 1 is 1.57 bits per heavy atom. The zero-order chi connectivity index (χ0) is 14.5. The van der Waals surface area contributed by atoms with E-state index in [4.69, 9.17) is 16.3 Å². The monoisotopic (exact) mass is 333 g/mol. The summed E-state index contributed by atoms with van der Waals surface area (Å²) in [5, 5.41) is 6.73. The van der Waals surface area contributed by atoms with E-state index in [-0.39, 0.29) is 18.3 Å². The minimum absolute atomic E-state index is 0. The molecule has 1 atom stereocenters. The second-order valence-corrected chi connectivity index (χ2v) is 5.35. The summed E-state index contributed by atoms with van der Waals surface area (Å²) < 4.78 is 5.22. The molecule has 1 aromatic rings. The van der Waals surface area contributed by atoms with Gasteiger partial charge in [0.15, 0.2) is 0 Å². The largest absolute Gasteiger partial charge is 0.495 e. The molecule has 1 aliphatic heterocycles. The highest BCUT2D eigenvalue weighted by Crippen LogP contribution is 2.27. The van der Waals surface area contributed by atoms with Crippen LogP contribution in [0.25, 0.3) is 0 Å². The van der Waals surface area contributed by atoms with Gasteiger partial charge in [-0.05, 0) is 25.1 Å². The van der Waals surface area contributed by atoms with Gasteiger partial charge in [-0.15, -0.1) is 12.4 Å². The first-order valence-corrected chi connectivity index (χ1v) is 7.06. The number of piperazine rings is 1. The number of rotatable bonds is 4. The fourth-order valence-corrected chi connectivity index (χ4v) is 2.44. The predicted molar refractivity (Wildman–Crippen MR) is 87.8 cm³/mol. The topological polar surface area (TPSA) is 53.6 Å². The minimum atomic E-state index is -0.0562. The van der Waals surface area contributed by atoms with Crippen LogP contribution < -0.4 is 15.4 Å². The predicted octanol–water partition coefficient (Wildman–Crippen LogP) is 2.00. The molecule has 0 unspecified atom stereocenters. The molecule has 0 bridgehead atoms. The van der Waals surface area contributed by atoms with E-state index in [9.17, 15) is 4.79 Å². The van der Waals surface area contributed by atoms with Gasteiger partial charge in [0.05, 0.1) is 19.3 Å². The lowest BCUT2D eigenvalue weighted by atomic mass is 10.2. The highest BCUT2D eigenvalue weighted by atomic mass is 35.5. The fraction of sp³-hybridized carbons (Fsp3) is 0.500. The molecule has 0 aromatic heterocycles. The molecule has 118 valence electrons. The van der Waals surface area contributed by atoms with Gasteiger partial charge in [0, 0.05) is 30.7 Å². The molecule has 1 saturated heterocycles. The van der Waals surface area contributed by atoms with Crippen LogP contribution in [0, 0.1) is 0 Å². The smallest absolute Gasteiger partial charge is 0.238 e. The lowest BCUT2D eigenvalue weighted by molar-refractivity contribution is -0.118. The number of nitrogens with one attached hydrogen (secondary N) is 2. The van der Waals surface area contributed by atoms with Gasteiger partial charge < -0.3 is 15.4 Å². The summed E-state index contributed by atoms with van der Waals surface area (Å²) in [7, 11) is 1.57. The third-order valence-corrected chi connectivity index (χ3v) is 3.66. The second-order valence-electron chi connectivity index (χ2n) is 4.92. The third-order valence-electron chi connectivity index (χ3n) is 3.42. The van der Waals surface area contributed by atoms with Crippen molar-refractivity contribution in [2.24, 2.45) is 0 Å². The van der Waals surface area contributed by atoms with Crippen LogP contribution in [0.2, 0.25) is 5.02 Å². The first-order chi connectivity index (χ1) is 9.60. The maximum Gasteiger partial charge on any atom is 0.238 e. The Bertz CT molecular complexity index is 485. The van der Waals surface area contributed by atoms with E-state index in [1.54, 1.807) is 25.3 Å². The van der Waals surface area contributed by atoms with Crippen molar-refractivity contribution in [1.29, 1.82) is 0 Å². The third kappa shape index (κ3) is 5.04. The van der Waals surface area contributed by atoms with Gasteiger partial charge in [0.25, 0.3) is 0 Å². The standard InChI is InChI=1S/C14H20ClN3O2.ClH/c1-10-8-16-5-6-18(10)9-14(19)17-12-7-11(15)3-4-13(12)20-2;/h3-4,7,10,16H,5-6,8-9H2,1-2H3,(H,17,19);1H/t10-;/m1./s1. The number of hydrogen-bond donors (Lipinski definition) is 2. The summed E-state index contributed by atoms with van der Waals surface area (Å²) in [6.45, 7) is 5.19. The maximum absolute atomic E-state index is 12.1. The number of halogens is 2. The van der Waals surface area contributed by atoms with Gasteiger partial charge in [-0.1, -0.05) is 11.6 Å². The van der Waals surface area contributed by atoms with Gasteiger partial charge in [-0.25, -0.2) is 0 Å². The van der Waals surface area contributed by atoms with Crippen molar-refractivity contribution in [3.8, 4) is 5.75 Å². The van der Waals surface area contributed by atoms with E-state index >= 15 is 0 Å². The number of amides is 1. The van der Waals surface area contributed by atoms with E-state index in [1.807, 2.05) is 0 Å². The molecule has 7 heteroatoms. The van der Waals surface area contributed by atoms with E-state index in [1.165, 1.54) is 0 Å². The average Bonchev–Trinajstić information content (AvgIpc) is 2.41. The normalized spacial score (nSPS) is 18.7. The zero-order valence-corrected chi connectivity index (χ0v) is 13.8. The van der Waals surface area contributed by atoms with Crippen molar-refractivity contribution in [1.82, 2.24) is 10.2 Å². The van der Waals surface area contributed by atoms with Crippen molar-refractivity contribution in [3.63, 3.8) is 0 Å². The van der Waals surface area contributed by atoms with Crippen molar-refractivity contribution in [2.75, 3.05) is 38.6 Å². The molecule has 2 N–H and O–H groups in total. The van der Waals surface area contributed by atoms with Gasteiger partial charge in [-0.3, -0.25) is 9.69 Å². The Kier molecular flexibility index (Phi) is 7.25. The zero-order valence-electron chi connectivity index (χ0n) is 12.2. The van der Waals surface area contributed by atoms with Crippen LogP contribution in [0.1, 0.15) is 6.92 Å². The highest BCUT2D eigenvalue weighted by Gasteiger charge is 2.20. The SMILES string of the molecule is COc1ccc(Cl)cc1NC(=O)CN1CCNC[C@H]1C.Cl. The van der Waals surface area contributed by atoms with Crippen molar-refractivity contribution in [2.45, 2.75) is 13.0 Å². The molecule has 21 heavy (non-hydrogen) atoms. The number of nitrogens with zero attached hydrogens (tertiary/aromatic N) is 1. The number of hydrogen-bond acceptors (Lipinski definition) is 4. The summed E-state index contributed by atoms with van der Waals surface area (Å²) in [6, 6.07) is 5.52. The van der Waals surface area contributed by atoms with Gasteiger partial charge in [0.2, 0.25) is 5.91 Å². The lowest BCUT2D eigenvalue weighted by Gasteiger charge is -2.33. The molecule has 1 amide bonds. The molecular formula is C14H21Cl2N3O2. The number of methoxy groups -OCH3 is 1. The molecule has 1 fully saturated rings. The summed E-state index contributed by atoms with van der Waals surface area (Å²) in [4.78, 5) is 14.3. The van der Waals surface area contributed by atoms with Gasteiger partial charge in [0.1, 0.15) is 5.75 Å². The molecule has 0 radical (unpaired) electrons. The molecule has 1 aromatic carbocycles. The number of ether oxygens (including phenoxy) is 1. The molecule has 0 spiro atoms. The molecular weight excluding hydrogens is 313 g/mol. The summed E-state index contributed by atoms with van der Waals surface area (Å²) in [6.07, 6.45) is 0. The molecule has 0 aliphatic carbocycles. The molecule has 0 saturated carbocycles. The van der Waals surface area contributed by atoms with Gasteiger partial charge >= 0.3 is 0 Å². The van der Waals surface area contributed by atoms with Crippen molar-refractivity contribution < 1.29 is 9.53 Å². The van der Waals surface area contributed by atoms with E-state index in [0.29, 0.717) is 29.0 Å². The summed E-state index contributed by atoms with van der Waals surface area (Å²) >= 11 is 5.95. The van der Waals surface area contributed by atoms with Gasteiger partial charge in [-0.2, -0.15) is 0 Å². The first-order valence-electron chi connectivity index (χ1n) is 6.68. The Morgan fingerprint density at radius 2 is 2.33 bits per heavy atom. The number of carbonyl (C=O) groups is 1. The Labute approximate surface area is 136 Å². The van der Waals surface area contributed by atoms with Crippen LogP contribution >= 0.6 is 24.0 Å². The van der Waals surface area contributed by atoms with Crippen LogP contribution in [0.5, 0.6) is 5.75 Å². The lowest BCUT2D eigenvalue weighted by Crippen LogP contribution is -2.51. The number of benzene rings is 1. The highest BCUT2D eigenvalue weighted by molar-refractivity contribution is 6.31. The van der Waals surface area contributed by atoms with Crippen LogP contribution in [0.4, 0.5) is 5.69 Å². The van der Waals surface area contributed by atoms with Crippen molar-refractivity contribution in [3.05, 3.63) is 23.2 Å². The first kappa shape index (κ1) is 18.0. The molecule has 1 aliphatic rings. The average molecular weight is 334 g/mol. The number of anilines is 1. The van der Waals surface area contributed by atoms with Crippen molar-refractivity contribution >= 4 is 35.6 Å². The second kappa shape index (κ2) is 8.44. The maximum atomic E-state index is 12.1. The summed E-state index contributed by atoms with van der Waals surface area (Å²) in [5.74, 6) is 0.551. The number of carbonyl (C=O) groups excluding carboxylic acids is 1. The fourth-order valence-electron chi connectivity index (χ4n) is 2.27. The Morgan fingerprint density at radius 3 is 3.00 bits per heavy atom. The van der Waals surface area contributed by atoms with E-state index in [2.05, 4.69) is 22.5 Å². The minimum Gasteiger partial charge on any atom is -0.495 e. The van der Waals surface area contributed by atoms with Crippen LogP contribution in [0.15, 0.2) is 18.2 Å². The quantitative estimate of drug-likeness (QED) is 0.884. The van der Waals surface area contributed by atoms with Crippen LogP contribution in [-0.2, 0) is 4.79 Å². The molecule has 2 rings (SSSR count). The summed E-state index contributed by atoms with van der Waals surface area (Å²) in [5.41, 5.74) is 0.604. The Hall–Kier alpha value is -1.01. The van der Waals surface area contributed by atoms with Crippen LogP contribution in [-0.4, -0.2) is 50.1 Å². The van der Waals surface area contributed by atoms with E-state index in [0.717, 1.165) is 19.6 Å². The van der Waals surface area contributed by atoms with E-state index < -0.39 is 0 Å². The Balaban J connectivity index is 0.00000220. The molecule has 5 nitrogen and oxygen atoms in total.